The molecule has 1 saturated heterocycles. The van der Waals surface area contributed by atoms with Gasteiger partial charge in [0.15, 0.2) is 11.6 Å². The first-order valence-electron chi connectivity index (χ1n) is 9.91. The molecule has 4 heteroatoms. The van der Waals surface area contributed by atoms with Crippen molar-refractivity contribution in [3.8, 4) is 5.75 Å². The van der Waals surface area contributed by atoms with Crippen LogP contribution in [-0.4, -0.2) is 50.1 Å². The largest absolute Gasteiger partial charge is 0.494 e. The van der Waals surface area contributed by atoms with Crippen molar-refractivity contribution >= 4 is 0 Å². The van der Waals surface area contributed by atoms with Crippen LogP contribution < -0.4 is 4.74 Å². The highest BCUT2D eigenvalue weighted by molar-refractivity contribution is 5.30. The number of ether oxygens (including phenoxy) is 1. The van der Waals surface area contributed by atoms with E-state index < -0.39 is 0 Å². The fourth-order valence-corrected chi connectivity index (χ4v) is 3.84. The molecular weight excluding hydrogens is 339 g/mol. The van der Waals surface area contributed by atoms with Gasteiger partial charge in [0.25, 0.3) is 0 Å². The van der Waals surface area contributed by atoms with Gasteiger partial charge in [0, 0.05) is 19.6 Å². The lowest BCUT2D eigenvalue weighted by molar-refractivity contribution is 0.157. The van der Waals surface area contributed by atoms with Crippen LogP contribution in [0.3, 0.4) is 0 Å². The summed E-state index contributed by atoms with van der Waals surface area (Å²) in [6.07, 6.45) is 3.54. The molecule has 0 atom stereocenters. The average molecular weight is 371 g/mol. The van der Waals surface area contributed by atoms with Gasteiger partial charge in [-0.15, -0.1) is 0 Å². The maximum absolute atomic E-state index is 13.7. The highest BCUT2D eigenvalue weighted by atomic mass is 19.1. The van der Waals surface area contributed by atoms with Crippen molar-refractivity contribution in [1.29, 1.82) is 0 Å². The Morgan fingerprint density at radius 2 is 1.81 bits per heavy atom. The normalized spacial score (nSPS) is 16.0. The predicted octanol–water partition coefficient (Wildman–Crippen LogP) is 4.22. The Balaban J connectivity index is 1.66. The summed E-state index contributed by atoms with van der Waals surface area (Å²) in [6, 6.07) is 15.9. The predicted molar refractivity (Wildman–Crippen MR) is 109 cm³/mol. The third kappa shape index (κ3) is 6.05. The zero-order valence-corrected chi connectivity index (χ0v) is 16.5. The summed E-state index contributed by atoms with van der Waals surface area (Å²) in [7, 11) is 3.72. The van der Waals surface area contributed by atoms with Crippen molar-refractivity contribution in [2.45, 2.75) is 25.8 Å². The summed E-state index contributed by atoms with van der Waals surface area (Å²) in [5.41, 5.74) is 2.47. The van der Waals surface area contributed by atoms with Crippen LogP contribution >= 0.6 is 0 Å². The first kappa shape index (κ1) is 19.8. The second-order valence-corrected chi connectivity index (χ2v) is 7.69. The van der Waals surface area contributed by atoms with Crippen LogP contribution in [0.5, 0.6) is 5.75 Å². The first-order chi connectivity index (χ1) is 13.1. The van der Waals surface area contributed by atoms with Gasteiger partial charge in [0.1, 0.15) is 0 Å². The molecule has 1 aliphatic heterocycles. The Bertz CT molecular complexity index is 699. The van der Waals surface area contributed by atoms with Gasteiger partial charge < -0.3 is 9.64 Å². The number of benzene rings is 2. The van der Waals surface area contributed by atoms with E-state index in [4.69, 9.17) is 4.74 Å². The van der Waals surface area contributed by atoms with Gasteiger partial charge in [-0.1, -0.05) is 36.4 Å². The quantitative estimate of drug-likeness (QED) is 0.692. The van der Waals surface area contributed by atoms with Gasteiger partial charge in [-0.3, -0.25) is 4.90 Å². The lowest BCUT2D eigenvalue weighted by atomic mass is 9.96. The topological polar surface area (TPSA) is 15.7 Å². The first-order valence-corrected chi connectivity index (χ1v) is 9.91. The van der Waals surface area contributed by atoms with Crippen LogP contribution in [0, 0.1) is 11.7 Å². The minimum Gasteiger partial charge on any atom is -0.494 e. The fourth-order valence-electron chi connectivity index (χ4n) is 3.84. The van der Waals surface area contributed by atoms with Crippen LogP contribution in [0.1, 0.15) is 24.0 Å². The zero-order chi connectivity index (χ0) is 19.1. The maximum Gasteiger partial charge on any atom is 0.165 e. The van der Waals surface area contributed by atoms with E-state index in [2.05, 4.69) is 47.2 Å². The van der Waals surface area contributed by atoms with Crippen molar-refractivity contribution in [2.75, 3.05) is 40.3 Å². The lowest BCUT2D eigenvalue weighted by Crippen LogP contribution is -2.37. The molecule has 1 heterocycles. The molecule has 146 valence electrons. The van der Waals surface area contributed by atoms with Gasteiger partial charge in [-0.25, -0.2) is 4.39 Å². The van der Waals surface area contributed by atoms with E-state index >= 15 is 0 Å². The molecule has 2 aromatic carbocycles. The van der Waals surface area contributed by atoms with Gasteiger partial charge in [-0.2, -0.15) is 0 Å². The third-order valence-corrected chi connectivity index (χ3v) is 5.54. The summed E-state index contributed by atoms with van der Waals surface area (Å²) < 4.78 is 18.9. The van der Waals surface area contributed by atoms with Crippen molar-refractivity contribution in [3.63, 3.8) is 0 Å². The summed E-state index contributed by atoms with van der Waals surface area (Å²) in [5, 5.41) is 0. The second kappa shape index (κ2) is 9.86. The molecular formula is C23H31FN2O. The van der Waals surface area contributed by atoms with Crippen LogP contribution in [0.15, 0.2) is 48.5 Å². The van der Waals surface area contributed by atoms with E-state index in [0.29, 0.717) is 5.75 Å². The molecule has 0 unspecified atom stereocenters. The van der Waals surface area contributed by atoms with Crippen LogP contribution in [0.25, 0.3) is 0 Å². The van der Waals surface area contributed by atoms with Crippen LogP contribution in [0.2, 0.25) is 0 Å². The van der Waals surface area contributed by atoms with Gasteiger partial charge in [-0.05, 0) is 68.6 Å². The van der Waals surface area contributed by atoms with Gasteiger partial charge in [0.2, 0.25) is 0 Å². The average Bonchev–Trinajstić information content (AvgIpc) is 2.70. The number of piperidine rings is 1. The Morgan fingerprint density at radius 3 is 2.52 bits per heavy atom. The van der Waals surface area contributed by atoms with E-state index in [1.165, 1.54) is 44.7 Å². The van der Waals surface area contributed by atoms with Crippen molar-refractivity contribution in [2.24, 2.45) is 5.92 Å². The number of rotatable bonds is 8. The Labute approximate surface area is 162 Å². The summed E-state index contributed by atoms with van der Waals surface area (Å²) in [4.78, 5) is 4.94. The fraction of sp³-hybridized carbons (Fsp3) is 0.478. The SMILES string of the molecule is COc1cc(CN(CCc2ccccc2)CC2CCN(C)CC2)ccc1F. The Morgan fingerprint density at radius 1 is 1.07 bits per heavy atom. The minimum absolute atomic E-state index is 0.299. The Hall–Kier alpha value is -1.91. The number of halogens is 1. The molecule has 3 nitrogen and oxygen atoms in total. The molecule has 0 aromatic heterocycles. The molecule has 0 spiro atoms. The van der Waals surface area contributed by atoms with Crippen LogP contribution in [-0.2, 0) is 13.0 Å². The van der Waals surface area contributed by atoms with E-state index in [1.54, 1.807) is 0 Å². The molecule has 3 rings (SSSR count). The molecule has 0 amide bonds. The number of hydrogen-bond donors (Lipinski definition) is 0. The molecule has 0 bridgehead atoms. The monoisotopic (exact) mass is 370 g/mol. The molecule has 27 heavy (non-hydrogen) atoms. The molecule has 0 saturated carbocycles. The molecule has 1 fully saturated rings. The Kier molecular flexibility index (Phi) is 7.25. The third-order valence-electron chi connectivity index (χ3n) is 5.54. The molecule has 2 aromatic rings. The highest BCUT2D eigenvalue weighted by Gasteiger charge is 2.20. The maximum atomic E-state index is 13.7. The molecule has 0 aliphatic carbocycles. The van der Waals surface area contributed by atoms with Gasteiger partial charge >= 0.3 is 0 Å². The van der Waals surface area contributed by atoms with Crippen molar-refractivity contribution < 1.29 is 9.13 Å². The van der Waals surface area contributed by atoms with E-state index in [1.807, 2.05) is 12.1 Å². The van der Waals surface area contributed by atoms with E-state index in [-0.39, 0.29) is 5.82 Å². The van der Waals surface area contributed by atoms with Crippen LogP contribution in [0.4, 0.5) is 4.39 Å². The number of nitrogens with zero attached hydrogens (tertiary/aromatic N) is 2. The smallest absolute Gasteiger partial charge is 0.165 e. The molecule has 1 aliphatic rings. The van der Waals surface area contributed by atoms with E-state index in [9.17, 15) is 4.39 Å². The second-order valence-electron chi connectivity index (χ2n) is 7.69. The van der Waals surface area contributed by atoms with Crippen molar-refractivity contribution in [3.05, 3.63) is 65.5 Å². The zero-order valence-electron chi connectivity index (χ0n) is 16.5. The summed E-state index contributed by atoms with van der Waals surface area (Å²) in [5.74, 6) is 0.765. The van der Waals surface area contributed by atoms with Gasteiger partial charge in [0.05, 0.1) is 7.11 Å². The standard InChI is InChI=1S/C23H31FN2O/c1-25-13-10-20(11-14-25)17-26(15-12-19-6-4-3-5-7-19)18-21-8-9-22(24)23(16-21)27-2/h3-9,16,20H,10-15,17-18H2,1-2H3. The van der Waals surface area contributed by atoms with E-state index in [0.717, 1.165) is 37.5 Å². The van der Waals surface area contributed by atoms with Crippen molar-refractivity contribution in [1.82, 2.24) is 9.80 Å². The highest BCUT2D eigenvalue weighted by Crippen LogP contribution is 2.22. The minimum atomic E-state index is -0.299. The lowest BCUT2D eigenvalue weighted by Gasteiger charge is -2.33. The number of methoxy groups -OCH3 is 1. The number of hydrogen-bond acceptors (Lipinski definition) is 3. The summed E-state index contributed by atoms with van der Waals surface area (Å²) >= 11 is 0. The summed E-state index contributed by atoms with van der Waals surface area (Å²) in [6.45, 7) is 5.30. The number of likely N-dealkylation sites (tertiary alicyclic amines) is 1. The molecule has 0 radical (unpaired) electrons. The molecule has 0 N–H and O–H groups in total.